The summed E-state index contributed by atoms with van der Waals surface area (Å²) in [6, 6.07) is 11.4. The van der Waals surface area contributed by atoms with Gasteiger partial charge in [-0.2, -0.15) is 4.99 Å². The number of benzene rings is 1. The molecule has 0 atom stereocenters. The van der Waals surface area contributed by atoms with Crippen LogP contribution in [0.5, 0.6) is 5.75 Å². The van der Waals surface area contributed by atoms with Gasteiger partial charge in [0.15, 0.2) is 5.49 Å². The highest BCUT2D eigenvalue weighted by Gasteiger charge is 2.20. The zero-order chi connectivity index (χ0) is 27.2. The maximum atomic E-state index is 13.3. The van der Waals surface area contributed by atoms with E-state index in [1.165, 1.54) is 10.5 Å². The first-order valence-corrected chi connectivity index (χ1v) is 13.0. The van der Waals surface area contributed by atoms with Crippen LogP contribution in [0.15, 0.2) is 58.4 Å². The number of carbonyl (C=O) groups excluding carboxylic acids is 2. The molecule has 4 rings (SSSR count). The van der Waals surface area contributed by atoms with Crippen LogP contribution in [0.25, 0.3) is 16.7 Å². The first-order chi connectivity index (χ1) is 18.3. The Morgan fingerprint density at radius 2 is 1.92 bits per heavy atom. The molecule has 0 aliphatic carbocycles. The average molecular weight is 557 g/mol. The van der Waals surface area contributed by atoms with Crippen molar-refractivity contribution in [1.82, 2.24) is 14.0 Å². The van der Waals surface area contributed by atoms with Crippen molar-refractivity contribution >= 4 is 51.8 Å². The quantitative estimate of drug-likeness (QED) is 0.216. The van der Waals surface area contributed by atoms with Crippen molar-refractivity contribution in [2.24, 2.45) is 4.99 Å². The Hall–Kier alpha value is -3.69. The number of pyridine rings is 2. The van der Waals surface area contributed by atoms with Crippen LogP contribution in [0.4, 0.5) is 0 Å². The lowest BCUT2D eigenvalue weighted by molar-refractivity contribution is -0.118. The van der Waals surface area contributed by atoms with E-state index in [0.717, 1.165) is 6.42 Å². The lowest BCUT2D eigenvalue weighted by Crippen LogP contribution is -2.33. The van der Waals surface area contributed by atoms with Gasteiger partial charge in [0.25, 0.3) is 11.5 Å². The van der Waals surface area contributed by atoms with Crippen molar-refractivity contribution in [1.29, 1.82) is 0 Å². The van der Waals surface area contributed by atoms with Gasteiger partial charge >= 0.3 is 5.97 Å². The highest BCUT2D eigenvalue weighted by atomic mass is 35.5. The number of rotatable bonds is 9. The predicted octanol–water partition coefficient (Wildman–Crippen LogP) is 4.83. The first kappa shape index (κ1) is 27.3. The molecule has 1 amide bonds. The summed E-state index contributed by atoms with van der Waals surface area (Å²) >= 11 is 12.0. The first-order valence-electron chi connectivity index (χ1n) is 12.2. The van der Waals surface area contributed by atoms with Gasteiger partial charge < -0.3 is 14.0 Å². The predicted molar refractivity (Wildman–Crippen MR) is 145 cm³/mol. The van der Waals surface area contributed by atoms with Crippen LogP contribution < -0.4 is 15.8 Å². The van der Waals surface area contributed by atoms with Gasteiger partial charge in [0.1, 0.15) is 22.6 Å². The second-order valence-electron chi connectivity index (χ2n) is 8.37. The van der Waals surface area contributed by atoms with Crippen molar-refractivity contribution in [3.63, 3.8) is 0 Å². The average Bonchev–Trinajstić information content (AvgIpc) is 2.89. The van der Waals surface area contributed by atoms with E-state index in [-0.39, 0.29) is 41.6 Å². The van der Waals surface area contributed by atoms with Crippen molar-refractivity contribution in [3.8, 4) is 5.75 Å². The number of nitrogens with zero attached hydrogens (tertiary/aromatic N) is 4. The van der Waals surface area contributed by atoms with E-state index in [1.54, 1.807) is 54.1 Å². The molecule has 0 unspecified atom stereocenters. The van der Waals surface area contributed by atoms with E-state index in [9.17, 15) is 14.4 Å². The Labute approximate surface area is 228 Å². The third kappa shape index (κ3) is 5.89. The van der Waals surface area contributed by atoms with Crippen molar-refractivity contribution in [2.75, 3.05) is 13.2 Å². The summed E-state index contributed by atoms with van der Waals surface area (Å²) < 4.78 is 13.9. The Morgan fingerprint density at radius 1 is 1.11 bits per heavy atom. The summed E-state index contributed by atoms with van der Waals surface area (Å²) in [6.07, 6.45) is 3.06. The summed E-state index contributed by atoms with van der Waals surface area (Å²) in [5.74, 6) is -0.827. The zero-order valence-corrected chi connectivity index (χ0v) is 22.5. The number of aryl methyl sites for hydroxylation is 1. The summed E-state index contributed by atoms with van der Waals surface area (Å²) in [6.45, 7) is 4.19. The molecule has 0 aliphatic rings. The highest BCUT2D eigenvalue weighted by Crippen LogP contribution is 2.27. The minimum absolute atomic E-state index is 0.00516. The van der Waals surface area contributed by atoms with Crippen LogP contribution in [0.2, 0.25) is 10.0 Å². The van der Waals surface area contributed by atoms with Gasteiger partial charge in [0.2, 0.25) is 0 Å². The number of unbranched alkanes of at least 4 members (excludes halogenated alkanes) is 1. The third-order valence-corrected chi connectivity index (χ3v) is 6.25. The molecular formula is C27H26Cl2N4O5. The lowest BCUT2D eigenvalue weighted by atomic mass is 10.2. The smallest absolute Gasteiger partial charge is 0.341 e. The largest absolute Gasteiger partial charge is 0.491 e. The van der Waals surface area contributed by atoms with E-state index in [2.05, 4.69) is 9.98 Å². The molecule has 198 valence electrons. The fourth-order valence-electron chi connectivity index (χ4n) is 3.90. The molecule has 3 aromatic heterocycles. The normalized spacial score (nSPS) is 11.7. The van der Waals surface area contributed by atoms with Gasteiger partial charge in [-0.15, -0.1) is 0 Å². The summed E-state index contributed by atoms with van der Waals surface area (Å²) in [5, 5.41) is 1.01. The Bertz CT molecular complexity index is 1640. The Balaban J connectivity index is 1.82. The molecule has 1 aromatic carbocycles. The van der Waals surface area contributed by atoms with Crippen LogP contribution in [0, 0.1) is 0 Å². The van der Waals surface area contributed by atoms with E-state index < -0.39 is 11.9 Å². The van der Waals surface area contributed by atoms with Crippen LogP contribution in [-0.4, -0.2) is 39.0 Å². The number of halogens is 2. The Morgan fingerprint density at radius 3 is 2.66 bits per heavy atom. The van der Waals surface area contributed by atoms with Crippen LogP contribution >= 0.6 is 23.2 Å². The topological polar surface area (TPSA) is 104 Å². The maximum absolute atomic E-state index is 13.3. The van der Waals surface area contributed by atoms with Gasteiger partial charge in [-0.1, -0.05) is 42.6 Å². The highest BCUT2D eigenvalue weighted by molar-refractivity contribution is 6.35. The summed E-state index contributed by atoms with van der Waals surface area (Å²) in [4.78, 5) is 48.2. The third-order valence-electron chi connectivity index (χ3n) is 5.72. The van der Waals surface area contributed by atoms with Crippen LogP contribution in [0.1, 0.15) is 43.5 Å². The van der Waals surface area contributed by atoms with Gasteiger partial charge in [0.05, 0.1) is 30.0 Å². The number of carbonyl (C=O) groups is 2. The van der Waals surface area contributed by atoms with E-state index in [0.29, 0.717) is 40.1 Å². The molecule has 0 bridgehead atoms. The monoisotopic (exact) mass is 556 g/mol. The fourth-order valence-corrected chi connectivity index (χ4v) is 4.36. The van der Waals surface area contributed by atoms with Crippen molar-refractivity contribution < 1.29 is 19.1 Å². The number of amides is 1. The fraction of sp³-hybridized carbons (Fsp3) is 0.296. The molecule has 0 fully saturated rings. The number of ether oxygens (including phenoxy) is 2. The molecule has 3 heterocycles. The van der Waals surface area contributed by atoms with Crippen LogP contribution in [-0.2, 0) is 16.1 Å². The molecule has 9 nitrogen and oxygen atoms in total. The van der Waals surface area contributed by atoms with E-state index in [1.807, 2.05) is 6.92 Å². The van der Waals surface area contributed by atoms with E-state index >= 15 is 0 Å². The summed E-state index contributed by atoms with van der Waals surface area (Å²) in [7, 11) is 0. The van der Waals surface area contributed by atoms with Gasteiger partial charge in [0, 0.05) is 17.8 Å². The molecule has 0 radical (unpaired) electrons. The molecule has 0 spiro atoms. The number of aromatic nitrogens is 3. The van der Waals surface area contributed by atoms with E-state index in [4.69, 9.17) is 32.7 Å². The zero-order valence-electron chi connectivity index (χ0n) is 20.9. The number of hydrogen-bond donors (Lipinski definition) is 0. The number of hydrogen-bond acceptors (Lipinski definition) is 6. The van der Waals surface area contributed by atoms with Gasteiger partial charge in [-0.05, 0) is 49.7 Å². The summed E-state index contributed by atoms with van der Waals surface area (Å²) in [5.41, 5.74) is 0.530. The molecule has 11 heteroatoms. The minimum atomic E-state index is -0.687. The Kier molecular flexibility index (Phi) is 8.81. The number of esters is 1. The second kappa shape index (κ2) is 12.2. The number of fused-ring (bicyclic) bond motifs is 2. The molecular weight excluding hydrogens is 531 g/mol. The second-order valence-corrected chi connectivity index (χ2v) is 9.21. The van der Waals surface area contributed by atoms with Crippen molar-refractivity contribution in [2.45, 2.75) is 39.7 Å². The maximum Gasteiger partial charge on any atom is 0.341 e. The molecule has 38 heavy (non-hydrogen) atoms. The standard InChI is InChI=1S/C27H26Cl2N4O5/c1-3-5-12-33-24-18(26(35)32-13-7-6-8-22(32)30-24)16-19(27(36)37-4-2)25(33)31-23(34)11-14-38-21-10-9-17(28)15-20(21)29/h6-10,13,15-16H,3-5,11-12,14H2,1-2H3. The molecule has 0 N–H and O–H groups in total. The molecule has 0 aliphatic heterocycles. The van der Waals surface area contributed by atoms with Gasteiger partial charge in [-0.25, -0.2) is 9.78 Å². The van der Waals surface area contributed by atoms with Crippen LogP contribution in [0.3, 0.4) is 0 Å². The molecule has 0 saturated carbocycles. The van der Waals surface area contributed by atoms with Gasteiger partial charge in [-0.3, -0.25) is 14.0 Å². The molecule has 4 aromatic rings. The molecule has 0 saturated heterocycles. The SMILES string of the molecule is CCCCn1c(=NC(=O)CCOc2ccc(Cl)cc2Cl)c(C(=O)OCC)cc2c(=O)n3ccccc3nc21. The van der Waals surface area contributed by atoms with Crippen molar-refractivity contribution in [3.05, 3.63) is 80.1 Å². The lowest BCUT2D eigenvalue weighted by Gasteiger charge is -2.15. The minimum Gasteiger partial charge on any atom is -0.491 e.